The number of nitrogens with two attached hydrogens (primary N) is 1. The molecule has 2 rings (SSSR count). The molecule has 1 unspecified atom stereocenters. The van der Waals surface area contributed by atoms with Gasteiger partial charge in [0.25, 0.3) is 0 Å². The van der Waals surface area contributed by atoms with Crippen molar-refractivity contribution >= 4 is 11.6 Å². The quantitative estimate of drug-likeness (QED) is 0.873. The second kappa shape index (κ2) is 5.96. The zero-order chi connectivity index (χ0) is 13.8. The smallest absolute Gasteiger partial charge is 0.168 e. The molecule has 5 nitrogen and oxygen atoms in total. The number of nitrogens with one attached hydrogen (secondary N) is 1. The minimum atomic E-state index is 0.217. The molecule has 0 aliphatic heterocycles. The number of aromatic nitrogens is 2. The van der Waals surface area contributed by atoms with Crippen LogP contribution in [0.4, 0.5) is 11.6 Å². The van der Waals surface area contributed by atoms with E-state index in [1.807, 2.05) is 0 Å². The lowest BCUT2D eigenvalue weighted by atomic mass is 9.95. The number of nitriles is 1. The Hall–Kier alpha value is -1.70. The van der Waals surface area contributed by atoms with Crippen LogP contribution in [-0.4, -0.2) is 15.8 Å². The molecule has 1 heterocycles. The van der Waals surface area contributed by atoms with Gasteiger partial charge in [-0.05, 0) is 26.2 Å². The normalized spacial score (nSPS) is 17.9. The first-order valence-electron chi connectivity index (χ1n) is 7.22. The van der Waals surface area contributed by atoms with Crippen LogP contribution in [0.2, 0.25) is 0 Å². The molecule has 1 aliphatic carbocycles. The molecule has 5 heteroatoms. The molecule has 0 amide bonds. The van der Waals surface area contributed by atoms with Crippen molar-refractivity contribution in [2.75, 3.05) is 11.1 Å². The van der Waals surface area contributed by atoms with E-state index in [4.69, 9.17) is 5.73 Å². The lowest BCUT2D eigenvalue weighted by Crippen LogP contribution is -2.23. The van der Waals surface area contributed by atoms with E-state index in [9.17, 15) is 5.26 Å². The summed E-state index contributed by atoms with van der Waals surface area (Å²) >= 11 is 0. The largest absolute Gasteiger partial charge is 0.383 e. The van der Waals surface area contributed by atoms with Gasteiger partial charge in [0.1, 0.15) is 17.5 Å². The summed E-state index contributed by atoms with van der Waals surface area (Å²) in [6.45, 7) is 4.15. The molecule has 0 spiro atoms. The van der Waals surface area contributed by atoms with Gasteiger partial charge in [-0.2, -0.15) is 10.4 Å². The van der Waals surface area contributed by atoms with Gasteiger partial charge in [-0.15, -0.1) is 0 Å². The van der Waals surface area contributed by atoms with Crippen molar-refractivity contribution in [1.82, 2.24) is 9.78 Å². The number of hydrogen-bond donors (Lipinski definition) is 2. The van der Waals surface area contributed by atoms with Crippen molar-refractivity contribution in [3.05, 3.63) is 5.56 Å². The fourth-order valence-corrected chi connectivity index (χ4v) is 2.61. The summed E-state index contributed by atoms with van der Waals surface area (Å²) in [5.74, 6) is 1.14. The Kier molecular flexibility index (Phi) is 4.31. The summed E-state index contributed by atoms with van der Waals surface area (Å²) in [7, 11) is 0. The summed E-state index contributed by atoms with van der Waals surface area (Å²) in [6.07, 6.45) is 7.07. The van der Waals surface area contributed by atoms with E-state index >= 15 is 0 Å². The minimum Gasteiger partial charge on any atom is -0.383 e. The van der Waals surface area contributed by atoms with Crippen LogP contribution in [0.25, 0.3) is 0 Å². The fourth-order valence-electron chi connectivity index (χ4n) is 2.61. The molecule has 19 heavy (non-hydrogen) atoms. The molecule has 1 saturated carbocycles. The number of hydrogen-bond acceptors (Lipinski definition) is 4. The predicted molar refractivity (Wildman–Crippen MR) is 76.9 cm³/mol. The third-order valence-electron chi connectivity index (χ3n) is 4.01. The Balaban J connectivity index is 2.22. The minimum absolute atomic E-state index is 0.217. The van der Waals surface area contributed by atoms with Crippen LogP contribution in [0, 0.1) is 11.3 Å². The van der Waals surface area contributed by atoms with Gasteiger partial charge in [-0.25, -0.2) is 4.68 Å². The number of nitrogen functional groups attached to an aromatic ring is 1. The van der Waals surface area contributed by atoms with Crippen molar-refractivity contribution < 1.29 is 0 Å². The average Bonchev–Trinajstić information content (AvgIpc) is 2.75. The summed E-state index contributed by atoms with van der Waals surface area (Å²) in [6, 6.07) is 2.83. The van der Waals surface area contributed by atoms with Crippen molar-refractivity contribution in [3.8, 4) is 6.07 Å². The monoisotopic (exact) mass is 261 g/mol. The number of anilines is 2. The standard InChI is InChI=1S/C14H23N5/c1-3-10(2)19-13(16)12(9-15)14(18-19)17-11-7-5-4-6-8-11/h10-11H,3-8,16H2,1-2H3,(H,17,18). The van der Waals surface area contributed by atoms with Gasteiger partial charge in [-0.1, -0.05) is 26.2 Å². The van der Waals surface area contributed by atoms with E-state index in [0.717, 1.165) is 19.3 Å². The van der Waals surface area contributed by atoms with Crippen LogP contribution in [-0.2, 0) is 0 Å². The van der Waals surface area contributed by atoms with E-state index < -0.39 is 0 Å². The van der Waals surface area contributed by atoms with E-state index in [2.05, 4.69) is 30.3 Å². The molecule has 0 bridgehead atoms. The topological polar surface area (TPSA) is 79.7 Å². The molecule has 0 radical (unpaired) electrons. The molecule has 0 saturated heterocycles. The SMILES string of the molecule is CCC(C)n1nc(NC2CCCCC2)c(C#N)c1N. The molecular weight excluding hydrogens is 238 g/mol. The highest BCUT2D eigenvalue weighted by atomic mass is 15.4. The second-order valence-corrected chi connectivity index (χ2v) is 5.40. The molecule has 0 aromatic carbocycles. The molecule has 1 aliphatic rings. The maximum atomic E-state index is 9.27. The van der Waals surface area contributed by atoms with Gasteiger partial charge in [0.15, 0.2) is 5.82 Å². The van der Waals surface area contributed by atoms with Crippen LogP contribution in [0.1, 0.15) is 64.0 Å². The highest BCUT2D eigenvalue weighted by molar-refractivity contribution is 5.64. The zero-order valence-electron chi connectivity index (χ0n) is 11.8. The molecule has 1 aromatic rings. The van der Waals surface area contributed by atoms with Gasteiger partial charge in [0.05, 0.1) is 6.04 Å². The highest BCUT2D eigenvalue weighted by Gasteiger charge is 2.21. The summed E-state index contributed by atoms with van der Waals surface area (Å²) in [5.41, 5.74) is 6.53. The fraction of sp³-hybridized carbons (Fsp3) is 0.714. The molecule has 1 atom stereocenters. The van der Waals surface area contributed by atoms with E-state index in [0.29, 0.717) is 23.2 Å². The maximum absolute atomic E-state index is 9.27. The van der Waals surface area contributed by atoms with Crippen LogP contribution in [0.3, 0.4) is 0 Å². The first-order chi connectivity index (χ1) is 9.17. The molecule has 1 aromatic heterocycles. The van der Waals surface area contributed by atoms with Crippen LogP contribution < -0.4 is 11.1 Å². The third-order valence-corrected chi connectivity index (χ3v) is 4.01. The summed E-state index contributed by atoms with van der Waals surface area (Å²) < 4.78 is 1.77. The highest BCUT2D eigenvalue weighted by Crippen LogP contribution is 2.28. The van der Waals surface area contributed by atoms with Gasteiger partial charge >= 0.3 is 0 Å². The van der Waals surface area contributed by atoms with Crippen LogP contribution >= 0.6 is 0 Å². The van der Waals surface area contributed by atoms with Gasteiger partial charge < -0.3 is 11.1 Å². The van der Waals surface area contributed by atoms with Crippen molar-refractivity contribution in [1.29, 1.82) is 5.26 Å². The molecule has 1 fully saturated rings. The van der Waals surface area contributed by atoms with E-state index in [-0.39, 0.29) is 6.04 Å². The van der Waals surface area contributed by atoms with Crippen molar-refractivity contribution in [3.63, 3.8) is 0 Å². The summed E-state index contributed by atoms with van der Waals surface area (Å²) in [4.78, 5) is 0. The van der Waals surface area contributed by atoms with Gasteiger partial charge in [0.2, 0.25) is 0 Å². The predicted octanol–water partition coefficient (Wildman–Crippen LogP) is 3.05. The average molecular weight is 261 g/mol. The lowest BCUT2D eigenvalue weighted by molar-refractivity contribution is 0.457. The Morgan fingerprint density at radius 2 is 2.16 bits per heavy atom. The Morgan fingerprint density at radius 3 is 2.74 bits per heavy atom. The van der Waals surface area contributed by atoms with Crippen molar-refractivity contribution in [2.45, 2.75) is 64.5 Å². The van der Waals surface area contributed by atoms with E-state index in [1.165, 1.54) is 19.3 Å². The number of nitrogens with zero attached hydrogens (tertiary/aromatic N) is 3. The molecule has 3 N–H and O–H groups in total. The Labute approximate surface area is 114 Å². The maximum Gasteiger partial charge on any atom is 0.168 e. The Morgan fingerprint density at radius 1 is 1.47 bits per heavy atom. The summed E-state index contributed by atoms with van der Waals surface area (Å²) in [5, 5.41) is 17.2. The lowest BCUT2D eigenvalue weighted by Gasteiger charge is -2.22. The molecular formula is C14H23N5. The van der Waals surface area contributed by atoms with Gasteiger partial charge in [-0.3, -0.25) is 0 Å². The number of rotatable bonds is 4. The second-order valence-electron chi connectivity index (χ2n) is 5.40. The molecule has 104 valence electrons. The van der Waals surface area contributed by atoms with Gasteiger partial charge in [0, 0.05) is 6.04 Å². The third kappa shape index (κ3) is 2.83. The van der Waals surface area contributed by atoms with E-state index in [1.54, 1.807) is 4.68 Å². The van der Waals surface area contributed by atoms with Crippen LogP contribution in [0.15, 0.2) is 0 Å². The first-order valence-corrected chi connectivity index (χ1v) is 7.22. The zero-order valence-corrected chi connectivity index (χ0v) is 11.8. The Bertz CT molecular complexity index is 465. The van der Waals surface area contributed by atoms with Crippen LogP contribution in [0.5, 0.6) is 0 Å². The first kappa shape index (κ1) is 13.7. The van der Waals surface area contributed by atoms with Crippen molar-refractivity contribution in [2.24, 2.45) is 0 Å².